The zero-order chi connectivity index (χ0) is 11.2. The highest BCUT2D eigenvalue weighted by Gasteiger charge is 2.33. The van der Waals surface area contributed by atoms with E-state index in [1.165, 1.54) is 11.8 Å². The second-order valence-electron chi connectivity index (χ2n) is 3.71. The van der Waals surface area contributed by atoms with Gasteiger partial charge in [0.1, 0.15) is 5.54 Å². The van der Waals surface area contributed by atoms with Crippen molar-refractivity contribution in [3.8, 4) is 0 Å². The number of carbonyl (C=O) groups is 1. The van der Waals surface area contributed by atoms with E-state index in [0.29, 0.717) is 11.5 Å². The Morgan fingerprint density at radius 3 is 2.50 bits per heavy atom. The number of rotatable bonds is 7. The van der Waals surface area contributed by atoms with Crippen molar-refractivity contribution in [1.82, 2.24) is 5.32 Å². The average molecular weight is 221 g/mol. The van der Waals surface area contributed by atoms with E-state index in [1.54, 1.807) is 6.92 Å². The summed E-state index contributed by atoms with van der Waals surface area (Å²) in [6.07, 6.45) is 0. The molecule has 0 saturated carbocycles. The highest BCUT2D eigenvalue weighted by atomic mass is 32.2. The molecule has 3 N–H and O–H groups in total. The molecule has 0 aromatic rings. The summed E-state index contributed by atoms with van der Waals surface area (Å²) in [5.74, 6) is 0.181. The van der Waals surface area contributed by atoms with Gasteiger partial charge in [-0.2, -0.15) is 11.8 Å². The molecular formula is C9H19NO3S. The molecular weight excluding hydrogens is 202 g/mol. The van der Waals surface area contributed by atoms with Gasteiger partial charge in [0.15, 0.2) is 0 Å². The Morgan fingerprint density at radius 2 is 2.14 bits per heavy atom. The van der Waals surface area contributed by atoms with E-state index < -0.39 is 11.5 Å². The number of nitrogens with one attached hydrogen (secondary N) is 1. The van der Waals surface area contributed by atoms with Crippen molar-refractivity contribution in [3.63, 3.8) is 0 Å². The quantitative estimate of drug-likeness (QED) is 0.548. The number of carboxylic acids is 1. The smallest absolute Gasteiger partial charge is 0.324 e. The summed E-state index contributed by atoms with van der Waals surface area (Å²) in [6, 6.07) is 0.130. The summed E-state index contributed by atoms with van der Waals surface area (Å²) >= 11 is 1.44. The molecule has 0 aromatic carbocycles. The van der Waals surface area contributed by atoms with Crippen LogP contribution in [0.3, 0.4) is 0 Å². The first-order valence-corrected chi connectivity index (χ1v) is 5.77. The Kier molecular flexibility index (Phi) is 6.15. The third-order valence-electron chi connectivity index (χ3n) is 1.71. The van der Waals surface area contributed by atoms with E-state index >= 15 is 0 Å². The molecule has 1 unspecified atom stereocenters. The normalized spacial score (nSPS) is 15.5. The molecule has 0 rings (SSSR count). The summed E-state index contributed by atoms with van der Waals surface area (Å²) in [5.41, 5.74) is -0.909. The standard InChI is InChI=1S/C9H19NO3S/c1-7(2)10-9(3,8(12)13)6-14-5-4-11/h7,10-11H,4-6H2,1-3H3,(H,12,13). The number of hydrogen-bond donors (Lipinski definition) is 3. The second kappa shape index (κ2) is 6.27. The first kappa shape index (κ1) is 13.7. The number of aliphatic carboxylic acids is 1. The van der Waals surface area contributed by atoms with Gasteiger partial charge in [-0.3, -0.25) is 10.1 Å². The Morgan fingerprint density at radius 1 is 1.57 bits per heavy atom. The molecule has 84 valence electrons. The van der Waals surface area contributed by atoms with E-state index in [9.17, 15) is 4.79 Å². The topological polar surface area (TPSA) is 69.6 Å². The largest absolute Gasteiger partial charge is 0.480 e. The Bertz CT molecular complexity index is 187. The molecule has 4 nitrogen and oxygen atoms in total. The maximum Gasteiger partial charge on any atom is 0.324 e. The number of aliphatic hydroxyl groups excluding tert-OH is 1. The van der Waals surface area contributed by atoms with Gasteiger partial charge in [-0.05, 0) is 20.8 Å². The van der Waals surface area contributed by atoms with Gasteiger partial charge in [-0.15, -0.1) is 0 Å². The lowest BCUT2D eigenvalue weighted by Gasteiger charge is -2.28. The Labute approximate surface area is 89.1 Å². The van der Waals surface area contributed by atoms with Crippen LogP contribution in [0.2, 0.25) is 0 Å². The SMILES string of the molecule is CC(C)NC(C)(CSCCO)C(=O)O. The van der Waals surface area contributed by atoms with Crippen LogP contribution >= 0.6 is 11.8 Å². The van der Waals surface area contributed by atoms with Crippen LogP contribution in [0.25, 0.3) is 0 Å². The maximum absolute atomic E-state index is 11.0. The maximum atomic E-state index is 11.0. The minimum atomic E-state index is -0.909. The van der Waals surface area contributed by atoms with Gasteiger partial charge >= 0.3 is 5.97 Å². The van der Waals surface area contributed by atoms with E-state index in [1.807, 2.05) is 13.8 Å². The molecule has 0 radical (unpaired) electrons. The minimum Gasteiger partial charge on any atom is -0.480 e. The summed E-state index contributed by atoms with van der Waals surface area (Å²) < 4.78 is 0. The molecule has 0 amide bonds. The van der Waals surface area contributed by atoms with Crippen molar-refractivity contribution in [2.75, 3.05) is 18.1 Å². The third-order valence-corrected chi connectivity index (χ3v) is 2.96. The highest BCUT2D eigenvalue weighted by molar-refractivity contribution is 7.99. The number of aliphatic hydroxyl groups is 1. The fourth-order valence-corrected chi connectivity index (χ4v) is 2.03. The molecule has 0 aliphatic heterocycles. The summed E-state index contributed by atoms with van der Waals surface area (Å²) in [7, 11) is 0. The molecule has 0 spiro atoms. The molecule has 5 heteroatoms. The second-order valence-corrected chi connectivity index (χ2v) is 4.82. The van der Waals surface area contributed by atoms with Crippen LogP contribution in [0, 0.1) is 0 Å². The van der Waals surface area contributed by atoms with Crippen LogP contribution in [-0.2, 0) is 4.79 Å². The van der Waals surface area contributed by atoms with Gasteiger partial charge in [0.05, 0.1) is 6.61 Å². The lowest BCUT2D eigenvalue weighted by molar-refractivity contribution is -0.143. The van der Waals surface area contributed by atoms with Crippen LogP contribution < -0.4 is 5.32 Å². The molecule has 1 atom stereocenters. The number of thioether (sulfide) groups is 1. The predicted molar refractivity (Wildman–Crippen MR) is 58.7 cm³/mol. The molecule has 0 bridgehead atoms. The molecule has 0 aliphatic rings. The van der Waals surface area contributed by atoms with Gasteiger partial charge in [0, 0.05) is 17.5 Å². The van der Waals surface area contributed by atoms with Gasteiger partial charge in [0.2, 0.25) is 0 Å². The van der Waals surface area contributed by atoms with Gasteiger partial charge in [-0.1, -0.05) is 0 Å². The van der Waals surface area contributed by atoms with E-state index in [4.69, 9.17) is 10.2 Å². The number of hydrogen-bond acceptors (Lipinski definition) is 4. The first-order valence-electron chi connectivity index (χ1n) is 4.62. The number of carboxylic acid groups (broad SMARTS) is 1. The average Bonchev–Trinajstić information content (AvgIpc) is 2.03. The third kappa shape index (κ3) is 4.83. The van der Waals surface area contributed by atoms with Gasteiger partial charge in [0.25, 0.3) is 0 Å². The van der Waals surface area contributed by atoms with Crippen LogP contribution in [0.5, 0.6) is 0 Å². The Balaban J connectivity index is 4.17. The summed E-state index contributed by atoms with van der Waals surface area (Å²) in [5, 5.41) is 20.6. The molecule has 14 heavy (non-hydrogen) atoms. The van der Waals surface area contributed by atoms with Crippen LogP contribution in [0.4, 0.5) is 0 Å². The first-order chi connectivity index (χ1) is 6.42. The molecule has 0 aromatic heterocycles. The fraction of sp³-hybridized carbons (Fsp3) is 0.889. The Hall–Kier alpha value is -0.260. The molecule has 0 aliphatic carbocycles. The van der Waals surface area contributed by atoms with Gasteiger partial charge in [-0.25, -0.2) is 0 Å². The van der Waals surface area contributed by atoms with Crippen molar-refractivity contribution >= 4 is 17.7 Å². The van der Waals surface area contributed by atoms with Crippen molar-refractivity contribution in [2.45, 2.75) is 32.4 Å². The fourth-order valence-electron chi connectivity index (χ4n) is 1.14. The lowest BCUT2D eigenvalue weighted by Crippen LogP contribution is -2.54. The molecule has 0 saturated heterocycles. The van der Waals surface area contributed by atoms with E-state index in [2.05, 4.69) is 5.32 Å². The minimum absolute atomic E-state index is 0.0854. The van der Waals surface area contributed by atoms with Crippen LogP contribution in [-0.4, -0.2) is 45.9 Å². The summed E-state index contributed by atoms with van der Waals surface area (Å²) in [6.45, 7) is 5.58. The zero-order valence-corrected chi connectivity index (χ0v) is 9.73. The van der Waals surface area contributed by atoms with E-state index in [-0.39, 0.29) is 12.6 Å². The molecule has 0 fully saturated rings. The molecule has 0 heterocycles. The van der Waals surface area contributed by atoms with Crippen molar-refractivity contribution in [2.24, 2.45) is 0 Å². The monoisotopic (exact) mass is 221 g/mol. The van der Waals surface area contributed by atoms with Crippen molar-refractivity contribution in [3.05, 3.63) is 0 Å². The summed E-state index contributed by atoms with van der Waals surface area (Å²) in [4.78, 5) is 11.0. The van der Waals surface area contributed by atoms with Gasteiger partial charge < -0.3 is 10.2 Å². The lowest BCUT2D eigenvalue weighted by atomic mass is 10.1. The zero-order valence-electron chi connectivity index (χ0n) is 8.91. The predicted octanol–water partition coefficient (Wildman–Crippen LogP) is 0.553. The highest BCUT2D eigenvalue weighted by Crippen LogP contribution is 2.14. The van der Waals surface area contributed by atoms with Crippen LogP contribution in [0.15, 0.2) is 0 Å². The van der Waals surface area contributed by atoms with Crippen LogP contribution in [0.1, 0.15) is 20.8 Å². The van der Waals surface area contributed by atoms with Crippen molar-refractivity contribution < 1.29 is 15.0 Å². The van der Waals surface area contributed by atoms with E-state index in [0.717, 1.165) is 0 Å². The van der Waals surface area contributed by atoms with Crippen molar-refractivity contribution in [1.29, 1.82) is 0 Å².